The molecular weight excluding hydrogens is 335 g/mol. The van der Waals surface area contributed by atoms with Crippen LogP contribution in [0.25, 0.3) is 0 Å². The Morgan fingerprint density at radius 1 is 1.38 bits per heavy atom. The molecule has 0 bridgehead atoms. The van der Waals surface area contributed by atoms with E-state index in [1.165, 1.54) is 0 Å². The molecule has 1 heterocycles. The zero-order valence-electron chi connectivity index (χ0n) is 11.7. The van der Waals surface area contributed by atoms with E-state index in [0.29, 0.717) is 28.9 Å². The Labute approximate surface area is 140 Å². The first-order chi connectivity index (χ1) is 9.47. The number of carbonyl (C=O) groups is 1. The Balaban J connectivity index is 0.00000220. The van der Waals surface area contributed by atoms with Gasteiger partial charge in [0.15, 0.2) is 6.10 Å². The number of carbonyl (C=O) groups excluding carboxylic acids is 1. The molecule has 1 atom stereocenters. The number of piperidine rings is 1. The predicted molar refractivity (Wildman–Crippen MR) is 87.6 cm³/mol. The van der Waals surface area contributed by atoms with E-state index in [0.717, 1.165) is 12.8 Å². The van der Waals surface area contributed by atoms with E-state index in [9.17, 15) is 4.79 Å². The highest BCUT2D eigenvalue weighted by atomic mass is 35.5. The van der Waals surface area contributed by atoms with Crippen molar-refractivity contribution >= 4 is 41.5 Å². The zero-order valence-corrected chi connectivity index (χ0v) is 14.0. The Morgan fingerprint density at radius 3 is 2.57 bits per heavy atom. The van der Waals surface area contributed by atoms with Crippen molar-refractivity contribution in [3.63, 3.8) is 0 Å². The predicted octanol–water partition coefficient (Wildman–Crippen LogP) is 3.13. The summed E-state index contributed by atoms with van der Waals surface area (Å²) in [5, 5.41) is 0.934. The minimum absolute atomic E-state index is 0. The minimum atomic E-state index is -0.581. The summed E-state index contributed by atoms with van der Waals surface area (Å²) in [5.74, 6) is 0.425. The summed E-state index contributed by atoms with van der Waals surface area (Å²) in [4.78, 5) is 14.1. The Hall–Kier alpha value is -0.680. The molecule has 1 aliphatic rings. The number of halogens is 3. The summed E-state index contributed by atoms with van der Waals surface area (Å²) in [6.45, 7) is 3.09. The Morgan fingerprint density at radius 2 is 2.00 bits per heavy atom. The van der Waals surface area contributed by atoms with Crippen LogP contribution < -0.4 is 10.5 Å². The summed E-state index contributed by atoms with van der Waals surface area (Å²) >= 11 is 11.9. The smallest absolute Gasteiger partial charge is 0.263 e. The molecule has 1 saturated heterocycles. The lowest BCUT2D eigenvalue weighted by Crippen LogP contribution is -2.47. The quantitative estimate of drug-likeness (QED) is 0.908. The van der Waals surface area contributed by atoms with E-state index in [2.05, 4.69) is 0 Å². The highest BCUT2D eigenvalue weighted by molar-refractivity contribution is 6.35. The van der Waals surface area contributed by atoms with Crippen LogP contribution in [0.4, 0.5) is 0 Å². The first-order valence-electron chi connectivity index (χ1n) is 6.63. The lowest BCUT2D eigenvalue weighted by atomic mass is 10.1. The first kappa shape index (κ1) is 18.4. The molecule has 21 heavy (non-hydrogen) atoms. The third-order valence-corrected chi connectivity index (χ3v) is 3.93. The SMILES string of the molecule is CC(Oc1ccc(Cl)cc1Cl)C(=O)N1CCC(N)CC1.Cl. The molecule has 0 radical (unpaired) electrons. The van der Waals surface area contributed by atoms with Gasteiger partial charge in [0.05, 0.1) is 5.02 Å². The molecule has 1 unspecified atom stereocenters. The fraction of sp³-hybridized carbons (Fsp3) is 0.500. The van der Waals surface area contributed by atoms with Crippen LogP contribution in [0.5, 0.6) is 5.75 Å². The fourth-order valence-electron chi connectivity index (χ4n) is 2.19. The monoisotopic (exact) mass is 352 g/mol. The molecule has 0 saturated carbocycles. The lowest BCUT2D eigenvalue weighted by Gasteiger charge is -2.32. The maximum absolute atomic E-state index is 12.3. The van der Waals surface area contributed by atoms with Crippen LogP contribution in [0.15, 0.2) is 18.2 Å². The number of hydrogen-bond donors (Lipinski definition) is 1. The van der Waals surface area contributed by atoms with Gasteiger partial charge in [0, 0.05) is 24.2 Å². The van der Waals surface area contributed by atoms with Crippen molar-refractivity contribution in [1.82, 2.24) is 4.90 Å². The van der Waals surface area contributed by atoms with Crippen LogP contribution >= 0.6 is 35.6 Å². The fourth-order valence-corrected chi connectivity index (χ4v) is 2.64. The highest BCUT2D eigenvalue weighted by Crippen LogP contribution is 2.28. The normalized spacial score (nSPS) is 17.0. The van der Waals surface area contributed by atoms with Crippen molar-refractivity contribution in [3.8, 4) is 5.75 Å². The van der Waals surface area contributed by atoms with Crippen molar-refractivity contribution < 1.29 is 9.53 Å². The minimum Gasteiger partial charge on any atom is -0.479 e. The molecule has 2 N–H and O–H groups in total. The molecule has 7 heteroatoms. The van der Waals surface area contributed by atoms with Crippen molar-refractivity contribution in [2.24, 2.45) is 5.73 Å². The van der Waals surface area contributed by atoms with Gasteiger partial charge in [-0.3, -0.25) is 4.79 Å². The number of nitrogens with two attached hydrogens (primary N) is 1. The highest BCUT2D eigenvalue weighted by Gasteiger charge is 2.26. The lowest BCUT2D eigenvalue weighted by molar-refractivity contribution is -0.139. The third-order valence-electron chi connectivity index (χ3n) is 3.40. The van der Waals surface area contributed by atoms with Gasteiger partial charge in [-0.1, -0.05) is 23.2 Å². The maximum atomic E-state index is 12.3. The van der Waals surface area contributed by atoms with Gasteiger partial charge in [-0.15, -0.1) is 12.4 Å². The second-order valence-corrected chi connectivity index (χ2v) is 5.84. The van der Waals surface area contributed by atoms with Gasteiger partial charge >= 0.3 is 0 Å². The molecule has 4 nitrogen and oxygen atoms in total. The van der Waals surface area contributed by atoms with Gasteiger partial charge in [-0.25, -0.2) is 0 Å². The maximum Gasteiger partial charge on any atom is 0.263 e. The van der Waals surface area contributed by atoms with Gasteiger partial charge in [-0.2, -0.15) is 0 Å². The number of likely N-dealkylation sites (tertiary alicyclic amines) is 1. The van der Waals surface area contributed by atoms with Crippen molar-refractivity contribution in [3.05, 3.63) is 28.2 Å². The van der Waals surface area contributed by atoms with E-state index in [1.54, 1.807) is 30.0 Å². The van der Waals surface area contributed by atoms with Crippen LogP contribution in [0.1, 0.15) is 19.8 Å². The van der Waals surface area contributed by atoms with Crippen molar-refractivity contribution in [2.75, 3.05) is 13.1 Å². The van der Waals surface area contributed by atoms with Crippen molar-refractivity contribution in [1.29, 1.82) is 0 Å². The largest absolute Gasteiger partial charge is 0.479 e. The average molecular weight is 354 g/mol. The summed E-state index contributed by atoms with van der Waals surface area (Å²) in [5.41, 5.74) is 5.83. The molecule has 1 aliphatic heterocycles. The van der Waals surface area contributed by atoms with Gasteiger partial charge in [0.2, 0.25) is 0 Å². The number of benzene rings is 1. The van der Waals surface area contributed by atoms with E-state index >= 15 is 0 Å². The zero-order chi connectivity index (χ0) is 14.7. The summed E-state index contributed by atoms with van der Waals surface area (Å²) in [7, 11) is 0. The molecule has 0 aromatic heterocycles. The Kier molecular flexibility index (Phi) is 7.07. The number of ether oxygens (including phenoxy) is 1. The third kappa shape index (κ3) is 4.92. The molecule has 1 aromatic rings. The second-order valence-electron chi connectivity index (χ2n) is 5.00. The summed E-state index contributed by atoms with van der Waals surface area (Å²) in [6, 6.07) is 5.14. The molecule has 0 spiro atoms. The molecule has 1 fully saturated rings. The standard InChI is InChI=1S/C14H18Cl2N2O2.ClH/c1-9(14(19)18-6-4-11(17)5-7-18)20-13-3-2-10(15)8-12(13)16;/h2-3,8-9,11H,4-7,17H2,1H3;1H. The van der Waals surface area contributed by atoms with Gasteiger partial charge in [-0.05, 0) is 38.0 Å². The first-order valence-corrected chi connectivity index (χ1v) is 7.39. The van der Waals surface area contributed by atoms with E-state index in [4.69, 9.17) is 33.7 Å². The van der Waals surface area contributed by atoms with E-state index < -0.39 is 6.10 Å². The van der Waals surface area contributed by atoms with Crippen LogP contribution in [0, 0.1) is 0 Å². The van der Waals surface area contributed by atoms with Gasteiger partial charge in [0.25, 0.3) is 5.91 Å². The van der Waals surface area contributed by atoms with Crippen LogP contribution in [0.3, 0.4) is 0 Å². The molecule has 1 amide bonds. The van der Waals surface area contributed by atoms with E-state index in [1.807, 2.05) is 0 Å². The van der Waals surface area contributed by atoms with Gasteiger partial charge in [0.1, 0.15) is 5.75 Å². The average Bonchev–Trinajstić information content (AvgIpc) is 2.42. The number of nitrogens with zero attached hydrogens (tertiary/aromatic N) is 1. The molecule has 0 aliphatic carbocycles. The Bertz CT molecular complexity index is 491. The molecular formula is C14H19Cl3N2O2. The van der Waals surface area contributed by atoms with Crippen molar-refractivity contribution in [2.45, 2.75) is 31.9 Å². The number of amides is 1. The topological polar surface area (TPSA) is 55.6 Å². The summed E-state index contributed by atoms with van der Waals surface area (Å²) in [6.07, 6.45) is 1.09. The second kappa shape index (κ2) is 8.08. The van der Waals surface area contributed by atoms with Crippen LogP contribution in [-0.4, -0.2) is 36.0 Å². The number of hydrogen-bond acceptors (Lipinski definition) is 3. The van der Waals surface area contributed by atoms with Crippen LogP contribution in [-0.2, 0) is 4.79 Å². The summed E-state index contributed by atoms with van der Waals surface area (Å²) < 4.78 is 5.63. The van der Waals surface area contributed by atoms with Crippen LogP contribution in [0.2, 0.25) is 10.0 Å². The van der Waals surface area contributed by atoms with E-state index in [-0.39, 0.29) is 24.4 Å². The number of rotatable bonds is 3. The molecule has 1 aromatic carbocycles. The van der Waals surface area contributed by atoms with Gasteiger partial charge < -0.3 is 15.4 Å². The molecule has 2 rings (SSSR count). The molecule has 118 valence electrons.